The molecule has 0 aromatic heterocycles. The van der Waals surface area contributed by atoms with Crippen molar-refractivity contribution in [2.24, 2.45) is 5.41 Å². The zero-order valence-electron chi connectivity index (χ0n) is 15.7. The molecule has 2 rings (SSSR count). The van der Waals surface area contributed by atoms with Gasteiger partial charge in [0.15, 0.2) is 0 Å². The van der Waals surface area contributed by atoms with E-state index in [-0.39, 0.29) is 17.2 Å². The van der Waals surface area contributed by atoms with Crippen molar-refractivity contribution in [3.05, 3.63) is 52.0 Å². The van der Waals surface area contributed by atoms with E-state index in [1.165, 1.54) is 7.11 Å². The maximum atomic E-state index is 12.5. The van der Waals surface area contributed by atoms with E-state index in [4.69, 9.17) is 27.9 Å². The zero-order valence-corrected chi connectivity index (χ0v) is 17.2. The van der Waals surface area contributed by atoms with E-state index < -0.39 is 0 Å². The van der Waals surface area contributed by atoms with Gasteiger partial charge in [0.1, 0.15) is 5.75 Å². The molecule has 0 spiro atoms. The number of ether oxygens (including phenoxy) is 1. The van der Waals surface area contributed by atoms with Gasteiger partial charge in [-0.15, -0.1) is 0 Å². The maximum Gasteiger partial charge on any atom is 0.255 e. The van der Waals surface area contributed by atoms with Gasteiger partial charge in [0.2, 0.25) is 5.91 Å². The van der Waals surface area contributed by atoms with Crippen LogP contribution in [0.2, 0.25) is 10.0 Å². The van der Waals surface area contributed by atoms with Gasteiger partial charge in [0.05, 0.1) is 22.8 Å². The number of methoxy groups -OCH3 is 1. The molecule has 0 radical (unpaired) electrons. The van der Waals surface area contributed by atoms with Crippen molar-refractivity contribution in [3.63, 3.8) is 0 Å². The Bertz CT molecular complexity index is 861. The monoisotopic (exact) mass is 408 g/mol. The molecule has 0 aliphatic heterocycles. The first-order valence-electron chi connectivity index (χ1n) is 8.33. The molecule has 2 aromatic carbocycles. The predicted molar refractivity (Wildman–Crippen MR) is 110 cm³/mol. The molecule has 144 valence electrons. The Hall–Kier alpha value is -2.24. The van der Waals surface area contributed by atoms with Crippen LogP contribution < -0.4 is 15.4 Å². The minimum atomic E-state index is -0.345. The summed E-state index contributed by atoms with van der Waals surface area (Å²) >= 11 is 11.9. The third-order valence-corrected chi connectivity index (χ3v) is 4.34. The molecule has 0 saturated carbocycles. The third-order valence-electron chi connectivity index (χ3n) is 3.60. The number of rotatable bonds is 5. The van der Waals surface area contributed by atoms with E-state index in [0.29, 0.717) is 39.2 Å². The van der Waals surface area contributed by atoms with E-state index in [2.05, 4.69) is 10.6 Å². The molecule has 0 atom stereocenters. The van der Waals surface area contributed by atoms with E-state index in [1.54, 1.807) is 36.4 Å². The van der Waals surface area contributed by atoms with E-state index in [0.717, 1.165) is 0 Å². The smallest absolute Gasteiger partial charge is 0.255 e. The molecule has 0 saturated heterocycles. The molecule has 2 N–H and O–H groups in total. The lowest BCUT2D eigenvalue weighted by molar-refractivity contribution is -0.117. The molecular weight excluding hydrogens is 387 g/mol. The van der Waals surface area contributed by atoms with Crippen LogP contribution in [0.1, 0.15) is 37.6 Å². The van der Waals surface area contributed by atoms with Gasteiger partial charge in [-0.25, -0.2) is 0 Å². The average Bonchev–Trinajstić information content (AvgIpc) is 2.56. The Kier molecular flexibility index (Phi) is 6.73. The van der Waals surface area contributed by atoms with E-state index >= 15 is 0 Å². The normalized spacial score (nSPS) is 11.0. The van der Waals surface area contributed by atoms with Crippen molar-refractivity contribution in [2.75, 3.05) is 17.7 Å². The van der Waals surface area contributed by atoms with Crippen LogP contribution in [0.25, 0.3) is 0 Å². The molecule has 27 heavy (non-hydrogen) atoms. The van der Waals surface area contributed by atoms with Crippen LogP contribution in [0.5, 0.6) is 5.75 Å². The Morgan fingerprint density at radius 1 is 1.00 bits per heavy atom. The lowest BCUT2D eigenvalue weighted by atomic mass is 9.92. The predicted octanol–water partition coefficient (Wildman–Crippen LogP) is 5.63. The molecule has 0 heterocycles. The largest absolute Gasteiger partial charge is 0.495 e. The maximum absolute atomic E-state index is 12.5. The molecule has 0 aliphatic rings. The summed E-state index contributed by atoms with van der Waals surface area (Å²) in [5.41, 5.74) is 1.17. The van der Waals surface area contributed by atoms with Crippen LogP contribution in [-0.2, 0) is 4.79 Å². The molecule has 7 heteroatoms. The highest BCUT2D eigenvalue weighted by Gasteiger charge is 2.18. The first kappa shape index (κ1) is 21.1. The summed E-state index contributed by atoms with van der Waals surface area (Å²) in [7, 11) is 1.50. The van der Waals surface area contributed by atoms with Crippen molar-refractivity contribution < 1.29 is 14.3 Å². The Morgan fingerprint density at radius 2 is 1.70 bits per heavy atom. The van der Waals surface area contributed by atoms with Gasteiger partial charge in [-0.2, -0.15) is 0 Å². The van der Waals surface area contributed by atoms with Crippen LogP contribution in [0.15, 0.2) is 36.4 Å². The molecule has 5 nitrogen and oxygen atoms in total. The van der Waals surface area contributed by atoms with Gasteiger partial charge in [-0.05, 0) is 41.8 Å². The molecule has 2 amide bonds. The van der Waals surface area contributed by atoms with Gasteiger partial charge >= 0.3 is 0 Å². The number of halogens is 2. The molecular formula is C20H22Cl2N2O3. The summed E-state index contributed by atoms with van der Waals surface area (Å²) in [5, 5.41) is 6.31. The van der Waals surface area contributed by atoms with Crippen LogP contribution >= 0.6 is 23.2 Å². The topological polar surface area (TPSA) is 67.4 Å². The Morgan fingerprint density at radius 3 is 2.30 bits per heavy atom. The molecule has 0 bridgehead atoms. The minimum Gasteiger partial charge on any atom is -0.495 e. The molecule has 0 unspecified atom stereocenters. The molecule has 0 aliphatic carbocycles. The second kappa shape index (κ2) is 8.63. The SMILES string of the molecule is COc1ccc(C(=O)Nc2ccc(Cl)c(Cl)c2)cc1NC(=O)CC(C)(C)C. The van der Waals surface area contributed by atoms with E-state index in [1.807, 2.05) is 20.8 Å². The number of amides is 2. The second-order valence-corrected chi connectivity index (χ2v) is 8.10. The fourth-order valence-corrected chi connectivity index (χ4v) is 2.70. The fourth-order valence-electron chi connectivity index (χ4n) is 2.40. The number of anilines is 2. The van der Waals surface area contributed by atoms with Gasteiger partial charge in [0, 0.05) is 17.7 Å². The van der Waals surface area contributed by atoms with Crippen molar-refractivity contribution in [1.29, 1.82) is 0 Å². The Balaban J connectivity index is 2.20. The summed E-state index contributed by atoms with van der Waals surface area (Å²) < 4.78 is 5.28. The number of nitrogens with one attached hydrogen (secondary N) is 2. The number of benzene rings is 2. The quantitative estimate of drug-likeness (QED) is 0.673. The first-order chi connectivity index (χ1) is 12.6. The fraction of sp³-hybridized carbons (Fsp3) is 0.300. The van der Waals surface area contributed by atoms with Gasteiger partial charge in [0.25, 0.3) is 5.91 Å². The van der Waals surface area contributed by atoms with Crippen molar-refractivity contribution >= 4 is 46.4 Å². The second-order valence-electron chi connectivity index (χ2n) is 7.28. The molecule has 2 aromatic rings. The van der Waals surface area contributed by atoms with Crippen molar-refractivity contribution in [3.8, 4) is 5.75 Å². The summed E-state index contributed by atoms with van der Waals surface area (Å²) in [6, 6.07) is 9.65. The van der Waals surface area contributed by atoms with Crippen LogP contribution in [0.3, 0.4) is 0 Å². The van der Waals surface area contributed by atoms with Gasteiger partial charge in [-0.1, -0.05) is 44.0 Å². The summed E-state index contributed by atoms with van der Waals surface area (Å²) in [5.74, 6) is -0.0199. The minimum absolute atomic E-state index is 0.150. The number of hydrogen-bond acceptors (Lipinski definition) is 3. The van der Waals surface area contributed by atoms with Crippen molar-refractivity contribution in [1.82, 2.24) is 0 Å². The van der Waals surface area contributed by atoms with Crippen LogP contribution in [-0.4, -0.2) is 18.9 Å². The zero-order chi connectivity index (χ0) is 20.2. The number of carbonyl (C=O) groups excluding carboxylic acids is 2. The summed E-state index contributed by atoms with van der Waals surface area (Å²) in [4.78, 5) is 24.8. The van der Waals surface area contributed by atoms with Gasteiger partial charge in [-0.3, -0.25) is 9.59 Å². The van der Waals surface area contributed by atoms with Crippen molar-refractivity contribution in [2.45, 2.75) is 27.2 Å². The first-order valence-corrected chi connectivity index (χ1v) is 9.09. The summed E-state index contributed by atoms with van der Waals surface area (Å²) in [6.45, 7) is 5.93. The number of hydrogen-bond donors (Lipinski definition) is 2. The Labute approximate surface area is 169 Å². The summed E-state index contributed by atoms with van der Waals surface area (Å²) in [6.07, 6.45) is 0.343. The highest BCUT2D eigenvalue weighted by atomic mass is 35.5. The number of carbonyl (C=O) groups is 2. The third kappa shape index (κ3) is 6.15. The lowest BCUT2D eigenvalue weighted by Crippen LogP contribution is -2.20. The van der Waals surface area contributed by atoms with Crippen LogP contribution in [0, 0.1) is 5.41 Å². The van der Waals surface area contributed by atoms with Crippen LogP contribution in [0.4, 0.5) is 11.4 Å². The standard InChI is InChI=1S/C20H22Cl2N2O3/c1-20(2,3)11-18(25)24-16-9-12(5-8-17(16)27-4)19(26)23-13-6-7-14(21)15(22)10-13/h5-10H,11H2,1-4H3,(H,23,26)(H,24,25). The molecule has 0 fully saturated rings. The lowest BCUT2D eigenvalue weighted by Gasteiger charge is -2.18. The highest BCUT2D eigenvalue weighted by molar-refractivity contribution is 6.42. The highest BCUT2D eigenvalue weighted by Crippen LogP contribution is 2.29. The van der Waals surface area contributed by atoms with Gasteiger partial charge < -0.3 is 15.4 Å². The van der Waals surface area contributed by atoms with E-state index in [9.17, 15) is 9.59 Å². The average molecular weight is 409 g/mol.